The Kier molecular flexibility index (Phi) is 4.78. The number of carbonyl (C=O) groups excluding carboxylic acids is 1. The number of fused-ring (bicyclic) bond motifs is 1. The van der Waals surface area contributed by atoms with Gasteiger partial charge in [0.15, 0.2) is 0 Å². The fraction of sp³-hybridized carbons (Fsp3) is 0.200. The first-order chi connectivity index (χ1) is 12.7. The number of methoxy groups -OCH3 is 1. The number of nitrogens with zero attached hydrogens (tertiary/aromatic N) is 2. The lowest BCUT2D eigenvalue weighted by Gasteiger charge is -2.26. The number of amides is 1. The van der Waals surface area contributed by atoms with Crippen molar-refractivity contribution in [3.8, 4) is 16.3 Å². The van der Waals surface area contributed by atoms with Crippen molar-refractivity contribution < 1.29 is 9.53 Å². The average molecular weight is 429 g/mol. The quantitative estimate of drug-likeness (QED) is 0.602. The molecule has 0 spiro atoms. The summed E-state index contributed by atoms with van der Waals surface area (Å²) < 4.78 is 6.14. The molecule has 1 aromatic heterocycles. The molecule has 1 amide bonds. The second kappa shape index (κ2) is 7.21. The van der Waals surface area contributed by atoms with E-state index in [0.29, 0.717) is 18.7 Å². The molecule has 132 valence electrons. The van der Waals surface area contributed by atoms with E-state index in [1.165, 1.54) is 0 Å². The molecule has 2 heterocycles. The van der Waals surface area contributed by atoms with Crippen molar-refractivity contribution in [2.45, 2.75) is 13.0 Å². The summed E-state index contributed by atoms with van der Waals surface area (Å²) in [6.45, 7) is 1.30. The van der Waals surface area contributed by atoms with Crippen LogP contribution in [0.15, 0.2) is 53.0 Å². The Morgan fingerprint density at radius 2 is 2.08 bits per heavy atom. The number of rotatable bonds is 3. The molecule has 4 rings (SSSR count). The lowest BCUT2D eigenvalue weighted by molar-refractivity contribution is 0.0735. The second-order valence-electron chi connectivity index (χ2n) is 6.08. The molecule has 0 saturated heterocycles. The highest BCUT2D eigenvalue weighted by Gasteiger charge is 2.26. The van der Waals surface area contributed by atoms with Crippen LogP contribution < -0.4 is 4.74 Å². The van der Waals surface area contributed by atoms with Gasteiger partial charge in [0, 0.05) is 27.9 Å². The molecule has 1 aliphatic rings. The smallest absolute Gasteiger partial charge is 0.255 e. The van der Waals surface area contributed by atoms with Gasteiger partial charge in [0.1, 0.15) is 10.8 Å². The Labute approximate surface area is 164 Å². The van der Waals surface area contributed by atoms with Crippen molar-refractivity contribution in [2.24, 2.45) is 0 Å². The van der Waals surface area contributed by atoms with E-state index in [4.69, 9.17) is 9.72 Å². The number of aromatic nitrogens is 1. The van der Waals surface area contributed by atoms with Crippen LogP contribution in [0.5, 0.6) is 5.75 Å². The van der Waals surface area contributed by atoms with Gasteiger partial charge in [0.05, 0.1) is 24.9 Å². The molecule has 0 bridgehead atoms. The van der Waals surface area contributed by atoms with Gasteiger partial charge in [0.2, 0.25) is 0 Å². The van der Waals surface area contributed by atoms with E-state index in [1.807, 2.05) is 53.4 Å². The predicted molar refractivity (Wildman–Crippen MR) is 107 cm³/mol. The van der Waals surface area contributed by atoms with E-state index in [1.54, 1.807) is 18.4 Å². The summed E-state index contributed by atoms with van der Waals surface area (Å²) in [7, 11) is 1.66. The zero-order chi connectivity index (χ0) is 18.1. The molecule has 2 aromatic carbocycles. The first-order valence-electron chi connectivity index (χ1n) is 8.32. The van der Waals surface area contributed by atoms with E-state index in [0.717, 1.165) is 37.8 Å². The third kappa shape index (κ3) is 3.27. The van der Waals surface area contributed by atoms with E-state index in [2.05, 4.69) is 15.9 Å². The average Bonchev–Trinajstić information content (AvgIpc) is 3.11. The predicted octanol–water partition coefficient (Wildman–Crippen LogP) is 4.78. The normalized spacial score (nSPS) is 13.4. The maximum absolute atomic E-state index is 12.9. The van der Waals surface area contributed by atoms with Gasteiger partial charge in [-0.3, -0.25) is 4.79 Å². The van der Waals surface area contributed by atoms with Crippen molar-refractivity contribution in [1.29, 1.82) is 0 Å². The fourth-order valence-electron chi connectivity index (χ4n) is 3.05. The van der Waals surface area contributed by atoms with Crippen molar-refractivity contribution in [3.63, 3.8) is 0 Å². The van der Waals surface area contributed by atoms with E-state index in [-0.39, 0.29) is 5.91 Å². The van der Waals surface area contributed by atoms with Crippen LogP contribution in [0.1, 0.15) is 20.9 Å². The van der Waals surface area contributed by atoms with Crippen LogP contribution in [0, 0.1) is 0 Å². The van der Waals surface area contributed by atoms with Crippen LogP contribution in [0.4, 0.5) is 0 Å². The van der Waals surface area contributed by atoms with Gasteiger partial charge in [0.25, 0.3) is 5.91 Å². The summed E-state index contributed by atoms with van der Waals surface area (Å²) in [6.07, 6.45) is 0.784. The summed E-state index contributed by atoms with van der Waals surface area (Å²) in [5.74, 6) is 0.876. The van der Waals surface area contributed by atoms with Crippen LogP contribution in [0.2, 0.25) is 0 Å². The molecule has 1 aliphatic heterocycles. The molecular formula is C20H17BrN2O2S. The maximum Gasteiger partial charge on any atom is 0.255 e. The monoisotopic (exact) mass is 428 g/mol. The van der Waals surface area contributed by atoms with Gasteiger partial charge in [-0.05, 0) is 40.2 Å². The van der Waals surface area contributed by atoms with Crippen LogP contribution >= 0.6 is 27.3 Å². The summed E-state index contributed by atoms with van der Waals surface area (Å²) >= 11 is 5.13. The summed E-state index contributed by atoms with van der Waals surface area (Å²) in [5, 5.41) is 0.976. The molecule has 0 aliphatic carbocycles. The minimum absolute atomic E-state index is 0.0551. The molecule has 3 aromatic rings. The molecule has 4 nitrogen and oxygen atoms in total. The van der Waals surface area contributed by atoms with E-state index < -0.39 is 0 Å². The number of hydrogen-bond acceptors (Lipinski definition) is 4. The molecule has 0 fully saturated rings. The lowest BCUT2D eigenvalue weighted by Crippen LogP contribution is -2.35. The first-order valence-corrected chi connectivity index (χ1v) is 9.93. The zero-order valence-electron chi connectivity index (χ0n) is 14.2. The van der Waals surface area contributed by atoms with Crippen molar-refractivity contribution >= 4 is 33.2 Å². The Balaban J connectivity index is 1.59. The minimum atomic E-state index is 0.0551. The summed E-state index contributed by atoms with van der Waals surface area (Å²) in [5.41, 5.74) is 2.85. The second-order valence-corrected chi connectivity index (χ2v) is 8.02. The van der Waals surface area contributed by atoms with Crippen molar-refractivity contribution in [2.75, 3.05) is 13.7 Å². The maximum atomic E-state index is 12.9. The standard InChI is InChI=1S/C20H17BrN2O2S/c1-25-14-6-4-5-13(11-14)19-22-17-9-10-23(12-18(17)26-19)20(24)15-7-2-3-8-16(15)21/h2-8,11H,9-10,12H2,1H3. The number of ether oxygens (including phenoxy) is 1. The van der Waals surface area contributed by atoms with E-state index in [9.17, 15) is 4.79 Å². The highest BCUT2D eigenvalue weighted by Crippen LogP contribution is 2.33. The van der Waals surface area contributed by atoms with E-state index >= 15 is 0 Å². The zero-order valence-corrected chi connectivity index (χ0v) is 16.6. The molecule has 0 unspecified atom stereocenters. The summed E-state index contributed by atoms with van der Waals surface area (Å²) in [4.78, 5) is 20.7. The highest BCUT2D eigenvalue weighted by molar-refractivity contribution is 9.10. The third-order valence-electron chi connectivity index (χ3n) is 4.44. The van der Waals surface area contributed by atoms with Gasteiger partial charge in [-0.2, -0.15) is 0 Å². The molecule has 26 heavy (non-hydrogen) atoms. The number of halogens is 1. The van der Waals surface area contributed by atoms with Gasteiger partial charge >= 0.3 is 0 Å². The Hall–Kier alpha value is -2.18. The Morgan fingerprint density at radius 1 is 1.23 bits per heavy atom. The molecule has 0 atom stereocenters. The largest absolute Gasteiger partial charge is 0.497 e. The minimum Gasteiger partial charge on any atom is -0.497 e. The molecule has 0 N–H and O–H groups in total. The third-order valence-corrected chi connectivity index (χ3v) is 6.26. The van der Waals surface area contributed by atoms with Gasteiger partial charge in [-0.25, -0.2) is 4.98 Å². The van der Waals surface area contributed by atoms with Crippen LogP contribution in [0.25, 0.3) is 10.6 Å². The van der Waals surface area contributed by atoms with Crippen LogP contribution in [-0.4, -0.2) is 29.4 Å². The van der Waals surface area contributed by atoms with Crippen LogP contribution in [0.3, 0.4) is 0 Å². The molecule has 0 saturated carbocycles. The highest BCUT2D eigenvalue weighted by atomic mass is 79.9. The van der Waals surface area contributed by atoms with Gasteiger partial charge in [-0.1, -0.05) is 24.3 Å². The van der Waals surface area contributed by atoms with Gasteiger partial charge in [-0.15, -0.1) is 11.3 Å². The molecule has 0 radical (unpaired) electrons. The Morgan fingerprint density at radius 3 is 2.88 bits per heavy atom. The van der Waals surface area contributed by atoms with Crippen molar-refractivity contribution in [3.05, 3.63) is 69.1 Å². The van der Waals surface area contributed by atoms with Crippen LogP contribution in [-0.2, 0) is 13.0 Å². The number of hydrogen-bond donors (Lipinski definition) is 0. The van der Waals surface area contributed by atoms with Gasteiger partial charge < -0.3 is 9.64 Å². The number of thiazole rings is 1. The Bertz CT molecular complexity index is 970. The fourth-order valence-corrected chi connectivity index (χ4v) is 4.63. The number of benzene rings is 2. The molecule has 6 heteroatoms. The SMILES string of the molecule is COc1cccc(-c2nc3c(s2)CN(C(=O)c2ccccc2Br)CC3)c1. The topological polar surface area (TPSA) is 42.4 Å². The summed E-state index contributed by atoms with van der Waals surface area (Å²) in [6, 6.07) is 15.5. The molecular weight excluding hydrogens is 412 g/mol. The lowest BCUT2D eigenvalue weighted by atomic mass is 10.1. The number of carbonyl (C=O) groups is 1. The first kappa shape index (κ1) is 17.2. The van der Waals surface area contributed by atoms with Crippen molar-refractivity contribution in [1.82, 2.24) is 9.88 Å².